The van der Waals surface area contributed by atoms with Crippen LogP contribution in [0.1, 0.15) is 10.6 Å². The van der Waals surface area contributed by atoms with Gasteiger partial charge < -0.3 is 8.98 Å². The molecule has 0 unspecified atom stereocenters. The van der Waals surface area contributed by atoms with Crippen molar-refractivity contribution in [1.29, 1.82) is 0 Å². The van der Waals surface area contributed by atoms with Gasteiger partial charge in [-0.25, -0.2) is 0 Å². The second-order valence-electron chi connectivity index (χ2n) is 5.22. The summed E-state index contributed by atoms with van der Waals surface area (Å²) in [5.74, 6) is 0.334. The number of halogens is 1. The minimum Gasteiger partial charge on any atom is -0.453 e. The van der Waals surface area contributed by atoms with E-state index in [0.29, 0.717) is 10.8 Å². The van der Waals surface area contributed by atoms with Crippen molar-refractivity contribution in [2.45, 2.75) is 6.54 Å². The molecule has 0 fully saturated rings. The van der Waals surface area contributed by atoms with Crippen molar-refractivity contribution in [2.75, 3.05) is 0 Å². The average molecular weight is 310 g/mol. The van der Waals surface area contributed by atoms with Crippen LogP contribution in [0.4, 0.5) is 0 Å². The van der Waals surface area contributed by atoms with Crippen LogP contribution >= 0.6 is 11.6 Å². The molecule has 0 spiro atoms. The number of hydrogen-bond donors (Lipinski definition) is 0. The zero-order chi connectivity index (χ0) is 15.1. The molecular formula is C18H12ClNO2. The Morgan fingerprint density at radius 1 is 1.05 bits per heavy atom. The minimum atomic E-state index is -0.0522. The molecule has 3 nitrogen and oxygen atoms in total. The summed E-state index contributed by atoms with van der Waals surface area (Å²) in [5.41, 5.74) is 1.71. The van der Waals surface area contributed by atoms with Gasteiger partial charge in [0.25, 0.3) is 0 Å². The number of para-hydroxylation sites is 1. The SMILES string of the molecule is O=C(Cn1ccc2cc(Cl)ccc21)c1cc2ccccc2o1. The van der Waals surface area contributed by atoms with Gasteiger partial charge in [-0.1, -0.05) is 29.8 Å². The van der Waals surface area contributed by atoms with Crippen molar-refractivity contribution < 1.29 is 9.21 Å². The van der Waals surface area contributed by atoms with Crippen LogP contribution in [0.25, 0.3) is 21.9 Å². The molecule has 4 heteroatoms. The number of hydrogen-bond acceptors (Lipinski definition) is 2. The highest BCUT2D eigenvalue weighted by atomic mass is 35.5. The molecule has 0 atom stereocenters. The van der Waals surface area contributed by atoms with E-state index in [4.69, 9.17) is 16.0 Å². The smallest absolute Gasteiger partial charge is 0.217 e. The lowest BCUT2D eigenvalue weighted by molar-refractivity contribution is 0.0948. The van der Waals surface area contributed by atoms with E-state index in [2.05, 4.69) is 0 Å². The van der Waals surface area contributed by atoms with Crippen LogP contribution in [0.15, 0.2) is 65.2 Å². The summed E-state index contributed by atoms with van der Waals surface area (Å²) in [6.45, 7) is 0.241. The van der Waals surface area contributed by atoms with Crippen molar-refractivity contribution in [3.05, 3.63) is 71.6 Å². The molecule has 0 saturated carbocycles. The molecule has 2 aromatic carbocycles. The van der Waals surface area contributed by atoms with Crippen LogP contribution < -0.4 is 0 Å². The van der Waals surface area contributed by atoms with Gasteiger partial charge in [-0.2, -0.15) is 0 Å². The lowest BCUT2D eigenvalue weighted by atomic mass is 10.2. The number of carbonyl (C=O) groups is 1. The second-order valence-corrected chi connectivity index (χ2v) is 5.65. The monoisotopic (exact) mass is 309 g/mol. The fourth-order valence-corrected chi connectivity index (χ4v) is 2.84. The number of fused-ring (bicyclic) bond motifs is 2. The zero-order valence-electron chi connectivity index (χ0n) is 11.6. The predicted octanol–water partition coefficient (Wildman–Crippen LogP) is 4.92. The van der Waals surface area contributed by atoms with Crippen LogP contribution in [0.3, 0.4) is 0 Å². The molecule has 2 aromatic heterocycles. The highest BCUT2D eigenvalue weighted by molar-refractivity contribution is 6.31. The summed E-state index contributed by atoms with van der Waals surface area (Å²) in [6, 6.07) is 17.0. The van der Waals surface area contributed by atoms with Crippen molar-refractivity contribution in [3.63, 3.8) is 0 Å². The number of ketones is 1. The average Bonchev–Trinajstić information content (AvgIpc) is 3.11. The highest BCUT2D eigenvalue weighted by Gasteiger charge is 2.13. The first-order chi connectivity index (χ1) is 10.7. The number of benzene rings is 2. The number of rotatable bonds is 3. The first-order valence-electron chi connectivity index (χ1n) is 6.97. The normalized spacial score (nSPS) is 11.3. The molecule has 4 rings (SSSR count). The van der Waals surface area contributed by atoms with E-state index in [-0.39, 0.29) is 12.3 Å². The summed E-state index contributed by atoms with van der Waals surface area (Å²) >= 11 is 5.98. The van der Waals surface area contributed by atoms with Gasteiger partial charge >= 0.3 is 0 Å². The van der Waals surface area contributed by atoms with E-state index in [0.717, 1.165) is 21.9 Å². The number of nitrogens with zero attached hydrogens (tertiary/aromatic N) is 1. The molecule has 0 aliphatic heterocycles. The van der Waals surface area contributed by atoms with Crippen molar-refractivity contribution >= 4 is 39.3 Å². The number of aromatic nitrogens is 1. The summed E-state index contributed by atoms with van der Waals surface area (Å²) in [7, 11) is 0. The fraction of sp³-hybridized carbons (Fsp3) is 0.0556. The maximum Gasteiger partial charge on any atom is 0.217 e. The van der Waals surface area contributed by atoms with E-state index in [1.54, 1.807) is 6.07 Å². The molecule has 0 bridgehead atoms. The Bertz CT molecular complexity index is 964. The van der Waals surface area contributed by atoms with Gasteiger partial charge in [0.15, 0.2) is 5.76 Å². The van der Waals surface area contributed by atoms with Gasteiger partial charge in [0.05, 0.1) is 6.54 Å². The third kappa shape index (κ3) is 2.20. The zero-order valence-corrected chi connectivity index (χ0v) is 12.4. The first kappa shape index (κ1) is 13.2. The summed E-state index contributed by atoms with van der Waals surface area (Å²) in [6.07, 6.45) is 1.89. The Morgan fingerprint density at radius 2 is 1.91 bits per heavy atom. The lowest BCUT2D eigenvalue weighted by Gasteiger charge is -2.03. The Hall–Kier alpha value is -2.52. The minimum absolute atomic E-state index is 0.0522. The van der Waals surface area contributed by atoms with Crippen LogP contribution in [0.2, 0.25) is 5.02 Å². The standard InChI is InChI=1S/C18H12ClNO2/c19-14-5-6-15-12(9-14)7-8-20(15)11-16(21)18-10-13-3-1-2-4-17(13)22-18/h1-10H,11H2. The number of carbonyl (C=O) groups excluding carboxylic acids is 1. The van der Waals surface area contributed by atoms with Gasteiger partial charge in [0.2, 0.25) is 5.78 Å². The maximum atomic E-state index is 12.5. The van der Waals surface area contributed by atoms with Gasteiger partial charge in [-0.15, -0.1) is 0 Å². The van der Waals surface area contributed by atoms with Crippen molar-refractivity contribution in [2.24, 2.45) is 0 Å². The Morgan fingerprint density at radius 3 is 2.77 bits per heavy atom. The van der Waals surface area contributed by atoms with Crippen molar-refractivity contribution in [1.82, 2.24) is 4.57 Å². The molecule has 22 heavy (non-hydrogen) atoms. The largest absolute Gasteiger partial charge is 0.453 e. The van der Waals surface area contributed by atoms with Gasteiger partial charge in [0.1, 0.15) is 5.58 Å². The Kier molecular flexibility index (Phi) is 3.01. The van der Waals surface area contributed by atoms with Crippen LogP contribution in [0, 0.1) is 0 Å². The third-order valence-corrected chi connectivity index (χ3v) is 3.98. The summed E-state index contributed by atoms with van der Waals surface area (Å²) in [4.78, 5) is 12.5. The van der Waals surface area contributed by atoms with Crippen LogP contribution in [0.5, 0.6) is 0 Å². The van der Waals surface area contributed by atoms with E-state index in [1.165, 1.54) is 0 Å². The van der Waals surface area contributed by atoms with E-state index < -0.39 is 0 Å². The molecule has 0 amide bonds. The van der Waals surface area contributed by atoms with E-state index in [9.17, 15) is 4.79 Å². The number of furan rings is 1. The van der Waals surface area contributed by atoms with Gasteiger partial charge in [-0.05, 0) is 36.4 Å². The summed E-state index contributed by atoms with van der Waals surface area (Å²) in [5, 5.41) is 2.65. The van der Waals surface area contributed by atoms with Gasteiger partial charge in [-0.3, -0.25) is 4.79 Å². The molecule has 0 saturated heterocycles. The topological polar surface area (TPSA) is 35.1 Å². The third-order valence-electron chi connectivity index (χ3n) is 3.75. The van der Waals surface area contributed by atoms with E-state index in [1.807, 2.05) is 59.3 Å². The van der Waals surface area contributed by atoms with E-state index >= 15 is 0 Å². The second kappa shape index (κ2) is 5.04. The molecule has 108 valence electrons. The van der Waals surface area contributed by atoms with Crippen LogP contribution in [-0.2, 0) is 6.54 Å². The van der Waals surface area contributed by atoms with Crippen molar-refractivity contribution in [3.8, 4) is 0 Å². The maximum absolute atomic E-state index is 12.5. The van der Waals surface area contributed by atoms with Crippen LogP contribution in [-0.4, -0.2) is 10.4 Å². The molecule has 0 aliphatic carbocycles. The highest BCUT2D eigenvalue weighted by Crippen LogP contribution is 2.22. The van der Waals surface area contributed by atoms with Gasteiger partial charge in [0, 0.05) is 27.5 Å². The molecular weight excluding hydrogens is 298 g/mol. The lowest BCUT2D eigenvalue weighted by Crippen LogP contribution is -2.08. The molecule has 2 heterocycles. The molecule has 0 N–H and O–H groups in total. The molecule has 4 aromatic rings. The number of Topliss-reactive ketones (excluding diaryl/α,β-unsaturated/α-hetero) is 1. The molecule has 0 radical (unpaired) electrons. The first-order valence-corrected chi connectivity index (χ1v) is 7.35. The fourth-order valence-electron chi connectivity index (χ4n) is 2.66. The Balaban J connectivity index is 1.68. The quantitative estimate of drug-likeness (QED) is 0.503. The molecule has 0 aliphatic rings. The Labute approximate surface area is 131 Å². The predicted molar refractivity (Wildman–Crippen MR) is 87.5 cm³/mol. The summed E-state index contributed by atoms with van der Waals surface area (Å²) < 4.78 is 7.53.